The Morgan fingerprint density at radius 1 is 0.153 bits per heavy atom. The van der Waals surface area contributed by atoms with E-state index in [4.69, 9.17) is 0 Å². The first kappa shape index (κ1) is 88.6. The summed E-state index contributed by atoms with van der Waals surface area (Å²) in [6.45, 7) is 0. The van der Waals surface area contributed by atoms with Gasteiger partial charge in [-0.1, -0.05) is 340 Å². The number of fused-ring (bicyclic) bond motifs is 14. The standard InChI is InChI=1S/2C50H41N.C46H37NS/c1-2-9-35(10-3-1)36-17-21-41(22-18-36)51(42-23-19-38(20-24-42)45-15-8-12-37-11-4-5-13-44(37)45)43-25-26-49-47(32-43)46-14-6-7-16-48(46)50(49)39-28-33-27-34(30-39)31-40(50)29-33;1-2-8-35(9-3-1)37-16-20-43(21-17-37)51(44-22-18-38(19-23-44)40-15-14-36-10-4-5-11-39(36)31-40)45-24-25-49-47(32-45)46-12-6-7-13-48(46)50(49)41-27-33-26-34(29-41)30-42(50)28-33;1-2-8-31(9-3-1)32-14-16-35(17-15-32)47(37-19-21-45-41(28-37)39-11-5-7-13-44(39)48-45)36-18-20-43-40(27-36)38-10-4-6-12-42(38)46(43)33-23-29-22-30(25-33)26-34(46)24-29/h1-26,32-34,39-40H,27-31H2;1-25,31-34,41-42H,26-30H2;1-21,27-30,33-34H,22-26H2. The normalized spacial score (nSPS) is 24.1. The molecule has 1 heterocycles. The molecule has 36 rings (SSSR count). The van der Waals surface area contributed by atoms with Crippen LogP contribution in [0.25, 0.3) is 131 Å². The summed E-state index contributed by atoms with van der Waals surface area (Å²) in [5, 5.41) is 7.78. The van der Waals surface area contributed by atoms with Crippen LogP contribution in [-0.2, 0) is 16.2 Å². The van der Waals surface area contributed by atoms with Gasteiger partial charge in [0.2, 0.25) is 0 Å². The topological polar surface area (TPSA) is 9.72 Å². The average Bonchev–Trinajstić information content (AvgIpc) is 1.51. The van der Waals surface area contributed by atoms with Crippen LogP contribution < -0.4 is 14.7 Å². The fraction of sp³-hybridized carbons (Fsp3) is 0.205. The van der Waals surface area contributed by atoms with Crippen LogP contribution in [0.2, 0.25) is 0 Å². The predicted octanol–water partition coefficient (Wildman–Crippen LogP) is 39.6. The van der Waals surface area contributed by atoms with Gasteiger partial charge in [0.15, 0.2) is 0 Å². The zero-order valence-corrected chi connectivity index (χ0v) is 85.6. The van der Waals surface area contributed by atoms with Crippen LogP contribution in [0.1, 0.15) is 130 Å². The minimum absolute atomic E-state index is 0.181. The summed E-state index contributed by atoms with van der Waals surface area (Å²) in [5.41, 5.74) is 42.1. The second-order valence-electron chi connectivity index (χ2n) is 46.6. The summed E-state index contributed by atoms with van der Waals surface area (Å²) >= 11 is 1.89. The maximum absolute atomic E-state index is 2.55. The Labute approximate surface area is 885 Å². The predicted molar refractivity (Wildman–Crippen MR) is 628 cm³/mol. The first-order valence-corrected chi connectivity index (χ1v) is 56.7. The van der Waals surface area contributed by atoms with E-state index in [9.17, 15) is 0 Å². The van der Waals surface area contributed by atoms with Crippen LogP contribution in [-0.4, -0.2) is 0 Å². The number of anilines is 9. The summed E-state index contributed by atoms with van der Waals surface area (Å²) in [5.74, 6) is 10.3. The van der Waals surface area contributed by atoms with Crippen molar-refractivity contribution in [3.8, 4) is 89.0 Å². The van der Waals surface area contributed by atoms with Gasteiger partial charge in [0.05, 0.1) is 0 Å². The summed E-state index contributed by atoms with van der Waals surface area (Å²) < 4.78 is 2.68. The molecular formula is C146H119N3S. The molecule has 0 radical (unpaired) electrons. The number of benzene rings is 20. The van der Waals surface area contributed by atoms with Crippen LogP contribution in [0.15, 0.2) is 467 Å². The van der Waals surface area contributed by atoms with Crippen LogP contribution in [0.3, 0.4) is 0 Å². The van der Waals surface area contributed by atoms with Gasteiger partial charge >= 0.3 is 0 Å². The van der Waals surface area contributed by atoms with E-state index in [0.717, 1.165) is 71.0 Å². The van der Waals surface area contributed by atoms with Gasteiger partial charge in [-0.25, -0.2) is 0 Å². The quantitative estimate of drug-likeness (QED) is 0.107. The lowest BCUT2D eigenvalue weighted by atomic mass is 9.43. The van der Waals surface area contributed by atoms with Gasteiger partial charge < -0.3 is 14.7 Å². The summed E-state index contributed by atoms with van der Waals surface area (Å²) in [6.07, 6.45) is 21.4. The molecule has 15 aliphatic rings. The maximum atomic E-state index is 2.55. The Morgan fingerprint density at radius 3 is 0.820 bits per heavy atom. The smallest absolute Gasteiger partial charge is 0.0468 e. The van der Waals surface area contributed by atoms with Gasteiger partial charge in [-0.3, -0.25) is 0 Å². The van der Waals surface area contributed by atoms with Crippen molar-refractivity contribution in [2.24, 2.45) is 71.0 Å². The number of thiophene rings is 1. The van der Waals surface area contributed by atoms with Crippen molar-refractivity contribution in [3.05, 3.63) is 500 Å². The van der Waals surface area contributed by atoms with Gasteiger partial charge in [-0.2, -0.15) is 0 Å². The van der Waals surface area contributed by atoms with E-state index >= 15 is 0 Å². The third-order valence-corrected chi connectivity index (χ3v) is 40.3. The second kappa shape index (κ2) is 35.4. The highest BCUT2D eigenvalue weighted by atomic mass is 32.1. The molecule has 0 aliphatic heterocycles. The van der Waals surface area contributed by atoms with E-state index in [0.29, 0.717) is 0 Å². The molecule has 12 fully saturated rings. The Balaban J connectivity index is 0.000000101. The summed E-state index contributed by atoms with van der Waals surface area (Å²) in [4.78, 5) is 7.42. The van der Waals surface area contributed by atoms with Gasteiger partial charge in [0, 0.05) is 87.6 Å². The van der Waals surface area contributed by atoms with E-state index in [1.165, 1.54) is 278 Å². The molecule has 724 valence electrons. The lowest BCUT2D eigenvalue weighted by Crippen LogP contribution is -2.55. The minimum Gasteiger partial charge on any atom is -0.310 e. The third-order valence-electron chi connectivity index (χ3n) is 39.1. The molecule has 3 spiro atoms. The Hall–Kier alpha value is -15.5. The Bertz CT molecular complexity index is 8740. The zero-order valence-electron chi connectivity index (χ0n) is 84.7. The van der Waals surface area contributed by atoms with Crippen molar-refractivity contribution >= 4 is 104 Å². The molecule has 20 aromatic carbocycles. The van der Waals surface area contributed by atoms with E-state index in [-0.39, 0.29) is 16.2 Å². The van der Waals surface area contributed by atoms with Crippen LogP contribution in [0.5, 0.6) is 0 Å². The first-order chi connectivity index (χ1) is 74.2. The van der Waals surface area contributed by atoms with Crippen LogP contribution in [0, 0.1) is 71.0 Å². The Kier molecular flexibility index (Phi) is 20.9. The molecule has 4 heteroatoms. The number of rotatable bonds is 14. The fourth-order valence-corrected chi connectivity index (χ4v) is 34.9. The number of hydrogen-bond donors (Lipinski definition) is 0. The molecule has 0 saturated heterocycles. The van der Waals surface area contributed by atoms with Gasteiger partial charge in [-0.15, -0.1) is 11.3 Å². The number of hydrogen-bond acceptors (Lipinski definition) is 4. The molecule has 15 aliphatic carbocycles. The minimum atomic E-state index is 0.181. The molecule has 0 N–H and O–H groups in total. The second-order valence-corrected chi connectivity index (χ2v) is 47.6. The number of nitrogens with zero attached hydrogens (tertiary/aromatic N) is 3. The molecule has 0 atom stereocenters. The molecular weight excluding hydrogens is 1830 g/mol. The third kappa shape index (κ3) is 14.1. The molecule has 21 aromatic rings. The highest BCUT2D eigenvalue weighted by Gasteiger charge is 2.65. The van der Waals surface area contributed by atoms with E-state index in [2.05, 4.69) is 482 Å². The van der Waals surface area contributed by atoms with E-state index in [1.54, 1.807) is 33.4 Å². The molecule has 1 aromatic heterocycles. The first-order valence-electron chi connectivity index (χ1n) is 55.9. The lowest BCUT2D eigenvalue weighted by molar-refractivity contribution is -0.0399. The average molecular weight is 1950 g/mol. The van der Waals surface area contributed by atoms with Gasteiger partial charge in [-0.05, 0) is 439 Å². The van der Waals surface area contributed by atoms with E-state index < -0.39 is 0 Å². The highest BCUT2D eigenvalue weighted by Crippen LogP contribution is 2.74. The summed E-state index contributed by atoms with van der Waals surface area (Å²) in [7, 11) is 0. The SMILES string of the molecule is c1ccc(-c2ccc(N(c3ccc(-c4ccc5ccccc5c4)cc3)c3ccc4c(c3)-c3ccccc3C43C4CC5CC(C4)CC3C5)cc2)cc1.c1ccc(-c2ccc(N(c3ccc(-c4cccc5ccccc45)cc3)c3ccc4c(c3)-c3ccccc3C43C4CC5CC(C4)CC3C5)cc2)cc1.c1ccc(-c2ccc(N(c3ccc4c(c3)-c3ccccc3C43C4CC5CC(C4)CC3C5)c3ccc4sc5ccccc5c4c3)cc2)cc1. The molecule has 12 saturated carbocycles. The van der Waals surface area contributed by atoms with Crippen molar-refractivity contribution < 1.29 is 0 Å². The van der Waals surface area contributed by atoms with Crippen molar-refractivity contribution in [1.82, 2.24) is 0 Å². The molecule has 0 unspecified atom stereocenters. The van der Waals surface area contributed by atoms with E-state index in [1.807, 2.05) is 11.3 Å². The highest BCUT2D eigenvalue weighted by molar-refractivity contribution is 7.25. The van der Waals surface area contributed by atoms with Crippen molar-refractivity contribution in [2.75, 3.05) is 14.7 Å². The van der Waals surface area contributed by atoms with Gasteiger partial charge in [0.25, 0.3) is 0 Å². The zero-order chi connectivity index (χ0) is 98.4. The monoisotopic (exact) mass is 1950 g/mol. The van der Waals surface area contributed by atoms with Crippen molar-refractivity contribution in [1.29, 1.82) is 0 Å². The van der Waals surface area contributed by atoms with Crippen LogP contribution in [0.4, 0.5) is 51.2 Å². The van der Waals surface area contributed by atoms with Crippen molar-refractivity contribution in [3.63, 3.8) is 0 Å². The molecule has 3 nitrogen and oxygen atoms in total. The largest absolute Gasteiger partial charge is 0.310 e. The summed E-state index contributed by atoms with van der Waals surface area (Å²) in [6, 6.07) is 175. The maximum Gasteiger partial charge on any atom is 0.0468 e. The Morgan fingerprint density at radius 2 is 0.420 bits per heavy atom. The molecule has 0 amide bonds. The fourth-order valence-electron chi connectivity index (χ4n) is 33.8. The van der Waals surface area contributed by atoms with Gasteiger partial charge in [0.1, 0.15) is 0 Å². The molecule has 150 heavy (non-hydrogen) atoms. The van der Waals surface area contributed by atoms with Crippen LogP contribution >= 0.6 is 11.3 Å². The lowest BCUT2D eigenvalue weighted by Gasteiger charge is -2.61. The molecule has 12 bridgehead atoms. The van der Waals surface area contributed by atoms with Crippen molar-refractivity contribution in [2.45, 2.75) is 113 Å².